The minimum atomic E-state index is -0.302. The summed E-state index contributed by atoms with van der Waals surface area (Å²) in [5.74, 6) is 0.651. The molecule has 2 aromatic rings. The van der Waals surface area contributed by atoms with E-state index in [1.54, 1.807) is 42.8 Å². The van der Waals surface area contributed by atoms with Crippen molar-refractivity contribution in [2.24, 2.45) is 0 Å². The zero-order chi connectivity index (χ0) is 17.1. The van der Waals surface area contributed by atoms with Gasteiger partial charge < -0.3 is 20.3 Å². The predicted octanol–water partition coefficient (Wildman–Crippen LogP) is 2.42. The Bertz CT molecular complexity index is 748. The number of fused-ring (bicyclic) bond motifs is 1. The second-order valence-electron chi connectivity index (χ2n) is 5.53. The Kier molecular flexibility index (Phi) is 4.66. The van der Waals surface area contributed by atoms with Crippen LogP contribution in [0.25, 0.3) is 0 Å². The quantitative estimate of drug-likeness (QED) is 0.890. The molecule has 1 aliphatic rings. The molecule has 0 fully saturated rings. The van der Waals surface area contributed by atoms with Gasteiger partial charge in [-0.15, -0.1) is 11.3 Å². The topological polar surface area (TPSA) is 83.6 Å². The molecule has 0 unspecified atom stereocenters. The van der Waals surface area contributed by atoms with Crippen LogP contribution in [0.4, 0.5) is 16.2 Å². The van der Waals surface area contributed by atoms with Gasteiger partial charge in [-0.1, -0.05) is 6.92 Å². The van der Waals surface area contributed by atoms with Gasteiger partial charge in [0.1, 0.15) is 5.75 Å². The van der Waals surface area contributed by atoms with Crippen molar-refractivity contribution in [1.82, 2.24) is 10.3 Å². The van der Waals surface area contributed by atoms with E-state index in [2.05, 4.69) is 15.6 Å². The van der Waals surface area contributed by atoms with Crippen LogP contribution < -0.4 is 20.3 Å². The molecule has 24 heavy (non-hydrogen) atoms. The Labute approximate surface area is 143 Å². The molecule has 1 aromatic carbocycles. The van der Waals surface area contributed by atoms with E-state index < -0.39 is 0 Å². The second-order valence-corrected chi connectivity index (χ2v) is 6.46. The van der Waals surface area contributed by atoms with Crippen LogP contribution in [0, 0.1) is 0 Å². The van der Waals surface area contributed by atoms with Crippen LogP contribution in [0.5, 0.6) is 5.75 Å². The molecule has 3 amide bonds. The number of ether oxygens (including phenoxy) is 1. The van der Waals surface area contributed by atoms with Gasteiger partial charge in [0, 0.05) is 36.8 Å². The standard InChI is InChI=1S/C16H18N4O3S/c1-10(15-17-5-6-24-15)8-18-16(22)19-11-3-4-13-12(7-11)20(2)14(21)9-23-13/h3-7,10H,8-9H2,1-2H3,(H2,18,19,22)/t10-/m1/s1. The fraction of sp³-hybridized carbons (Fsp3) is 0.312. The zero-order valence-electron chi connectivity index (χ0n) is 13.4. The summed E-state index contributed by atoms with van der Waals surface area (Å²) in [5, 5.41) is 8.49. The molecule has 0 spiro atoms. The highest BCUT2D eigenvalue weighted by atomic mass is 32.1. The highest BCUT2D eigenvalue weighted by molar-refractivity contribution is 7.09. The summed E-state index contributed by atoms with van der Waals surface area (Å²) in [6.45, 7) is 2.53. The lowest BCUT2D eigenvalue weighted by atomic mass is 10.2. The minimum absolute atomic E-state index is 0.0331. The minimum Gasteiger partial charge on any atom is -0.482 e. The van der Waals surface area contributed by atoms with E-state index in [1.165, 1.54) is 4.90 Å². The first kappa shape index (κ1) is 16.3. The molecule has 1 atom stereocenters. The molecule has 2 N–H and O–H groups in total. The van der Waals surface area contributed by atoms with Crippen molar-refractivity contribution < 1.29 is 14.3 Å². The maximum absolute atomic E-state index is 12.0. The third-order valence-electron chi connectivity index (χ3n) is 3.75. The fourth-order valence-electron chi connectivity index (χ4n) is 2.34. The number of anilines is 2. The third kappa shape index (κ3) is 3.48. The molecular weight excluding hydrogens is 328 g/mol. The maximum Gasteiger partial charge on any atom is 0.319 e. The van der Waals surface area contributed by atoms with Crippen LogP contribution >= 0.6 is 11.3 Å². The van der Waals surface area contributed by atoms with E-state index in [9.17, 15) is 9.59 Å². The van der Waals surface area contributed by atoms with Crippen molar-refractivity contribution in [3.05, 3.63) is 34.8 Å². The molecule has 3 rings (SSSR count). The fourth-order valence-corrected chi connectivity index (χ4v) is 3.03. The van der Waals surface area contributed by atoms with Crippen molar-refractivity contribution in [2.45, 2.75) is 12.8 Å². The van der Waals surface area contributed by atoms with E-state index in [0.29, 0.717) is 23.7 Å². The van der Waals surface area contributed by atoms with Gasteiger partial charge in [0.15, 0.2) is 6.61 Å². The molecule has 0 saturated heterocycles. The predicted molar refractivity (Wildman–Crippen MR) is 92.9 cm³/mol. The number of nitrogens with zero attached hydrogens (tertiary/aromatic N) is 2. The Balaban J connectivity index is 1.60. The number of rotatable bonds is 4. The Hall–Kier alpha value is -2.61. The monoisotopic (exact) mass is 346 g/mol. The van der Waals surface area contributed by atoms with Crippen molar-refractivity contribution >= 4 is 34.6 Å². The summed E-state index contributed by atoms with van der Waals surface area (Å²) in [7, 11) is 1.68. The molecule has 0 aliphatic carbocycles. The number of nitrogens with one attached hydrogen (secondary N) is 2. The van der Waals surface area contributed by atoms with E-state index >= 15 is 0 Å². The highest BCUT2D eigenvalue weighted by Gasteiger charge is 2.22. The normalized spacial score (nSPS) is 14.6. The summed E-state index contributed by atoms with van der Waals surface area (Å²) in [4.78, 5) is 29.5. The molecule has 8 heteroatoms. The molecule has 0 radical (unpaired) electrons. The Morgan fingerprint density at radius 2 is 2.33 bits per heavy atom. The van der Waals surface area contributed by atoms with Crippen molar-refractivity contribution in [3.8, 4) is 5.75 Å². The highest BCUT2D eigenvalue weighted by Crippen LogP contribution is 2.33. The zero-order valence-corrected chi connectivity index (χ0v) is 14.2. The third-order valence-corrected chi connectivity index (χ3v) is 4.75. The van der Waals surface area contributed by atoms with E-state index in [4.69, 9.17) is 4.74 Å². The van der Waals surface area contributed by atoms with Gasteiger partial charge >= 0.3 is 6.03 Å². The maximum atomic E-state index is 12.0. The first-order chi connectivity index (χ1) is 11.5. The molecular formula is C16H18N4O3S. The number of benzene rings is 1. The first-order valence-electron chi connectivity index (χ1n) is 7.52. The van der Waals surface area contributed by atoms with Gasteiger partial charge in [-0.2, -0.15) is 0 Å². The summed E-state index contributed by atoms with van der Waals surface area (Å²) in [6.07, 6.45) is 1.75. The number of thiazole rings is 1. The number of aromatic nitrogens is 1. The molecule has 7 nitrogen and oxygen atoms in total. The number of carbonyl (C=O) groups is 2. The van der Waals surface area contributed by atoms with Gasteiger partial charge in [0.05, 0.1) is 10.7 Å². The Morgan fingerprint density at radius 1 is 1.50 bits per heavy atom. The lowest BCUT2D eigenvalue weighted by Gasteiger charge is -2.26. The van der Waals surface area contributed by atoms with Crippen LogP contribution in [0.15, 0.2) is 29.8 Å². The number of amides is 3. The van der Waals surface area contributed by atoms with Gasteiger partial charge in [0.25, 0.3) is 5.91 Å². The molecule has 2 heterocycles. The average Bonchev–Trinajstić information content (AvgIpc) is 3.11. The number of urea groups is 1. The Morgan fingerprint density at radius 3 is 3.08 bits per heavy atom. The van der Waals surface area contributed by atoms with Crippen LogP contribution in [0.2, 0.25) is 0 Å². The van der Waals surface area contributed by atoms with Crippen molar-refractivity contribution in [2.75, 3.05) is 30.4 Å². The molecule has 0 saturated carbocycles. The smallest absolute Gasteiger partial charge is 0.319 e. The van der Waals surface area contributed by atoms with Crippen LogP contribution in [-0.2, 0) is 4.79 Å². The van der Waals surface area contributed by atoms with Crippen molar-refractivity contribution in [1.29, 1.82) is 0 Å². The summed E-state index contributed by atoms with van der Waals surface area (Å²) in [5.41, 5.74) is 1.23. The molecule has 1 aliphatic heterocycles. The number of hydrogen-bond donors (Lipinski definition) is 2. The van der Waals surface area contributed by atoms with Gasteiger partial charge in [-0.25, -0.2) is 9.78 Å². The van der Waals surface area contributed by atoms with Crippen LogP contribution in [0.1, 0.15) is 17.8 Å². The van der Waals surface area contributed by atoms with Crippen LogP contribution in [-0.4, -0.2) is 37.1 Å². The summed E-state index contributed by atoms with van der Waals surface area (Å²) in [6, 6.07) is 4.90. The van der Waals surface area contributed by atoms with Gasteiger partial charge in [0.2, 0.25) is 0 Å². The summed E-state index contributed by atoms with van der Waals surface area (Å²) >= 11 is 1.57. The van der Waals surface area contributed by atoms with E-state index in [-0.39, 0.29) is 24.5 Å². The number of hydrogen-bond acceptors (Lipinski definition) is 5. The van der Waals surface area contributed by atoms with Crippen molar-refractivity contribution in [3.63, 3.8) is 0 Å². The van der Waals surface area contributed by atoms with Gasteiger partial charge in [-0.3, -0.25) is 4.79 Å². The largest absolute Gasteiger partial charge is 0.482 e. The molecule has 1 aromatic heterocycles. The number of likely N-dealkylation sites (N-methyl/N-ethyl adjacent to an activating group) is 1. The lowest BCUT2D eigenvalue weighted by molar-refractivity contribution is -0.120. The van der Waals surface area contributed by atoms with E-state index in [1.807, 2.05) is 12.3 Å². The number of carbonyl (C=O) groups excluding carboxylic acids is 2. The second kappa shape index (κ2) is 6.88. The molecule has 126 valence electrons. The van der Waals surface area contributed by atoms with Crippen LogP contribution in [0.3, 0.4) is 0 Å². The average molecular weight is 346 g/mol. The van der Waals surface area contributed by atoms with E-state index in [0.717, 1.165) is 5.01 Å². The molecule has 0 bridgehead atoms. The summed E-state index contributed by atoms with van der Waals surface area (Å²) < 4.78 is 5.36. The lowest BCUT2D eigenvalue weighted by Crippen LogP contribution is -2.35. The SMILES string of the molecule is C[C@H](CNC(=O)Nc1ccc2c(c1)N(C)C(=O)CO2)c1nccs1. The van der Waals surface area contributed by atoms with Gasteiger partial charge in [-0.05, 0) is 18.2 Å². The first-order valence-corrected chi connectivity index (χ1v) is 8.40.